The Morgan fingerprint density at radius 2 is 2.45 bits per heavy atom. The zero-order chi connectivity index (χ0) is 14.5. The number of nitrogens with two attached hydrogens (primary N) is 1. The van der Waals surface area contributed by atoms with Gasteiger partial charge in [0.25, 0.3) is 0 Å². The van der Waals surface area contributed by atoms with Crippen LogP contribution in [-0.2, 0) is 16.1 Å². The molecule has 1 aliphatic heterocycles. The first kappa shape index (κ1) is 15.0. The lowest BCUT2D eigenvalue weighted by molar-refractivity contribution is -0.120. The molecule has 2 atom stereocenters. The Labute approximate surface area is 119 Å². The first-order chi connectivity index (χ1) is 9.60. The maximum atomic E-state index is 12.1. The smallest absolute Gasteiger partial charge is 0.229 e. The molecule has 6 nitrogen and oxygen atoms in total. The van der Waals surface area contributed by atoms with Crippen LogP contribution in [0.2, 0.25) is 0 Å². The number of carbonyl (C=O) groups is 1. The monoisotopic (exact) mass is 280 g/mol. The fourth-order valence-electron chi connectivity index (χ4n) is 2.44. The molecule has 112 valence electrons. The third kappa shape index (κ3) is 3.80. The molecule has 6 heteroatoms. The fraction of sp³-hybridized carbons (Fsp3) is 0.714. The molecule has 2 heterocycles. The predicted molar refractivity (Wildman–Crippen MR) is 77.2 cm³/mol. The summed E-state index contributed by atoms with van der Waals surface area (Å²) in [5.74, 6) is 0.0117. The van der Waals surface area contributed by atoms with Crippen molar-refractivity contribution in [3.63, 3.8) is 0 Å². The highest BCUT2D eigenvalue weighted by Crippen LogP contribution is 2.16. The molecule has 1 aliphatic rings. The van der Waals surface area contributed by atoms with Crippen molar-refractivity contribution in [3.8, 4) is 0 Å². The third-order valence-electron chi connectivity index (χ3n) is 3.71. The van der Waals surface area contributed by atoms with Crippen molar-refractivity contribution < 1.29 is 9.53 Å². The van der Waals surface area contributed by atoms with Crippen LogP contribution in [0.3, 0.4) is 0 Å². The Kier molecular flexibility index (Phi) is 5.14. The van der Waals surface area contributed by atoms with Crippen LogP contribution in [0, 0.1) is 11.8 Å². The van der Waals surface area contributed by atoms with E-state index in [1.807, 2.05) is 24.7 Å². The van der Waals surface area contributed by atoms with E-state index in [0.29, 0.717) is 12.2 Å². The maximum Gasteiger partial charge on any atom is 0.229 e. The van der Waals surface area contributed by atoms with Crippen LogP contribution in [0.5, 0.6) is 0 Å². The highest BCUT2D eigenvalue weighted by Gasteiger charge is 2.21. The molecule has 1 saturated heterocycles. The van der Waals surface area contributed by atoms with Crippen LogP contribution in [-0.4, -0.2) is 34.9 Å². The van der Waals surface area contributed by atoms with Gasteiger partial charge >= 0.3 is 0 Å². The molecule has 2 rings (SSSR count). The molecule has 20 heavy (non-hydrogen) atoms. The number of hydrogen-bond donors (Lipinski definition) is 2. The van der Waals surface area contributed by atoms with E-state index >= 15 is 0 Å². The van der Waals surface area contributed by atoms with E-state index in [2.05, 4.69) is 10.4 Å². The Hall–Kier alpha value is -1.40. The lowest BCUT2D eigenvalue weighted by atomic mass is 9.95. The van der Waals surface area contributed by atoms with Gasteiger partial charge in [-0.1, -0.05) is 13.8 Å². The van der Waals surface area contributed by atoms with Crippen molar-refractivity contribution in [2.45, 2.75) is 39.3 Å². The van der Waals surface area contributed by atoms with Crippen LogP contribution in [0.25, 0.3) is 0 Å². The van der Waals surface area contributed by atoms with Gasteiger partial charge in [-0.15, -0.1) is 0 Å². The van der Waals surface area contributed by atoms with Crippen molar-refractivity contribution in [1.82, 2.24) is 9.78 Å². The minimum Gasteiger partial charge on any atom is -0.376 e. The van der Waals surface area contributed by atoms with Gasteiger partial charge in [0.2, 0.25) is 5.91 Å². The van der Waals surface area contributed by atoms with Crippen LogP contribution in [0.4, 0.5) is 5.69 Å². The average Bonchev–Trinajstić information content (AvgIpc) is 3.02. The van der Waals surface area contributed by atoms with E-state index in [0.717, 1.165) is 26.0 Å². The van der Waals surface area contributed by atoms with Crippen LogP contribution < -0.4 is 11.1 Å². The van der Waals surface area contributed by atoms with Crippen molar-refractivity contribution in [1.29, 1.82) is 0 Å². The highest BCUT2D eigenvalue weighted by atomic mass is 16.5. The number of nitrogens with zero attached hydrogens (tertiary/aromatic N) is 2. The molecular formula is C14H24N4O2. The largest absolute Gasteiger partial charge is 0.376 e. The molecular weight excluding hydrogens is 256 g/mol. The molecule has 2 unspecified atom stereocenters. The Morgan fingerprint density at radius 3 is 3.05 bits per heavy atom. The number of carbonyl (C=O) groups excluding carboxylic acids is 1. The summed E-state index contributed by atoms with van der Waals surface area (Å²) in [6, 6.07) is 0. The van der Waals surface area contributed by atoms with Gasteiger partial charge in [-0.05, 0) is 18.8 Å². The molecule has 1 aromatic rings. The number of rotatable bonds is 6. The Morgan fingerprint density at radius 1 is 1.65 bits per heavy atom. The molecule has 1 fully saturated rings. The molecule has 0 aromatic carbocycles. The fourth-order valence-corrected chi connectivity index (χ4v) is 2.44. The van der Waals surface area contributed by atoms with Crippen LogP contribution in [0.1, 0.15) is 26.7 Å². The number of ether oxygens (including phenoxy) is 1. The maximum absolute atomic E-state index is 12.1. The van der Waals surface area contributed by atoms with E-state index in [-0.39, 0.29) is 23.8 Å². The quantitative estimate of drug-likeness (QED) is 0.821. The molecule has 0 bridgehead atoms. The van der Waals surface area contributed by atoms with E-state index in [1.54, 1.807) is 6.20 Å². The summed E-state index contributed by atoms with van der Waals surface area (Å²) in [5, 5.41) is 7.13. The van der Waals surface area contributed by atoms with E-state index in [9.17, 15) is 4.79 Å². The number of aromatic nitrogens is 2. The SMILES string of the molecule is CC(C)C(CN)C(=O)Nc1cnn(CC2CCCO2)c1. The minimum absolute atomic E-state index is 0.0424. The summed E-state index contributed by atoms with van der Waals surface area (Å²) in [4.78, 5) is 12.1. The molecule has 1 aromatic heterocycles. The van der Waals surface area contributed by atoms with Crippen LogP contribution in [0.15, 0.2) is 12.4 Å². The summed E-state index contributed by atoms with van der Waals surface area (Å²) in [7, 11) is 0. The van der Waals surface area contributed by atoms with Crippen molar-refractivity contribution in [2.75, 3.05) is 18.5 Å². The standard InChI is InChI=1S/C14H24N4O2/c1-10(2)13(6-15)14(19)17-11-7-16-18(8-11)9-12-4-3-5-20-12/h7-8,10,12-13H,3-6,9,15H2,1-2H3,(H,17,19). The number of amides is 1. The van der Waals surface area contributed by atoms with Gasteiger partial charge in [0.05, 0.1) is 30.5 Å². The van der Waals surface area contributed by atoms with Gasteiger partial charge in [0, 0.05) is 19.3 Å². The van der Waals surface area contributed by atoms with Gasteiger partial charge in [-0.25, -0.2) is 0 Å². The highest BCUT2D eigenvalue weighted by molar-refractivity contribution is 5.92. The summed E-state index contributed by atoms with van der Waals surface area (Å²) >= 11 is 0. The van der Waals surface area contributed by atoms with Crippen molar-refractivity contribution >= 4 is 11.6 Å². The zero-order valence-electron chi connectivity index (χ0n) is 12.2. The lowest BCUT2D eigenvalue weighted by Gasteiger charge is -2.17. The summed E-state index contributed by atoms with van der Waals surface area (Å²) in [6.45, 7) is 5.92. The first-order valence-electron chi connectivity index (χ1n) is 7.25. The minimum atomic E-state index is -0.170. The second-order valence-electron chi connectivity index (χ2n) is 5.66. The third-order valence-corrected chi connectivity index (χ3v) is 3.71. The molecule has 0 aliphatic carbocycles. The normalized spacial score (nSPS) is 20.3. The summed E-state index contributed by atoms with van der Waals surface area (Å²) in [6.07, 6.45) is 5.94. The summed E-state index contributed by atoms with van der Waals surface area (Å²) < 4.78 is 7.39. The second-order valence-corrected chi connectivity index (χ2v) is 5.66. The molecule has 1 amide bonds. The van der Waals surface area contributed by atoms with E-state index < -0.39 is 0 Å². The summed E-state index contributed by atoms with van der Waals surface area (Å²) in [5.41, 5.74) is 6.36. The number of hydrogen-bond acceptors (Lipinski definition) is 4. The zero-order valence-corrected chi connectivity index (χ0v) is 12.2. The topological polar surface area (TPSA) is 82.2 Å². The van der Waals surface area contributed by atoms with Gasteiger partial charge in [0.1, 0.15) is 0 Å². The first-order valence-corrected chi connectivity index (χ1v) is 7.25. The van der Waals surface area contributed by atoms with E-state index in [4.69, 9.17) is 10.5 Å². The van der Waals surface area contributed by atoms with Gasteiger partial charge < -0.3 is 15.8 Å². The number of nitrogens with one attached hydrogen (secondary N) is 1. The molecule has 3 N–H and O–H groups in total. The van der Waals surface area contributed by atoms with Gasteiger partial charge in [0.15, 0.2) is 0 Å². The number of anilines is 1. The van der Waals surface area contributed by atoms with Gasteiger partial charge in [-0.3, -0.25) is 9.48 Å². The van der Waals surface area contributed by atoms with Crippen LogP contribution >= 0.6 is 0 Å². The molecule has 0 saturated carbocycles. The predicted octanol–water partition coefficient (Wildman–Crippen LogP) is 1.23. The second kappa shape index (κ2) is 6.85. The lowest BCUT2D eigenvalue weighted by Crippen LogP contribution is -2.32. The van der Waals surface area contributed by atoms with Gasteiger partial charge in [-0.2, -0.15) is 5.10 Å². The Bertz CT molecular complexity index is 438. The molecule has 0 radical (unpaired) electrons. The van der Waals surface area contributed by atoms with E-state index in [1.165, 1.54) is 0 Å². The molecule has 0 spiro atoms. The Balaban J connectivity index is 1.90. The van der Waals surface area contributed by atoms with Crippen molar-refractivity contribution in [2.24, 2.45) is 17.6 Å². The average molecular weight is 280 g/mol. The van der Waals surface area contributed by atoms with Crippen molar-refractivity contribution in [3.05, 3.63) is 12.4 Å².